The van der Waals surface area contributed by atoms with Crippen molar-refractivity contribution in [3.63, 3.8) is 0 Å². The van der Waals surface area contributed by atoms with E-state index >= 15 is 0 Å². The molecule has 2 rings (SSSR count). The summed E-state index contributed by atoms with van der Waals surface area (Å²) in [4.78, 5) is 0. The fraction of sp³-hybridized carbons (Fsp3) is 0.478. The second-order valence-electron chi connectivity index (χ2n) is 8.14. The Morgan fingerprint density at radius 1 is 0.741 bits per heavy atom. The summed E-state index contributed by atoms with van der Waals surface area (Å²) in [6.07, 6.45) is 6.25. The third-order valence-electron chi connectivity index (χ3n) is 4.83. The summed E-state index contributed by atoms with van der Waals surface area (Å²) in [5, 5.41) is 3.40. The third kappa shape index (κ3) is 7.37. The molecule has 0 atom stereocenters. The predicted octanol–water partition coefficient (Wildman–Crippen LogP) is 6.14. The Labute approximate surface area is 165 Å². The molecule has 148 valence electrons. The summed E-state index contributed by atoms with van der Waals surface area (Å²) in [5.41, 5.74) is 3.55. The lowest BCUT2D eigenvalue weighted by Crippen LogP contribution is -2.30. The van der Waals surface area contributed by atoms with Crippen LogP contribution < -0.4 is 5.32 Å². The van der Waals surface area contributed by atoms with Gasteiger partial charge in [-0.1, -0.05) is 49.6 Å². The van der Waals surface area contributed by atoms with Gasteiger partial charge < -0.3 is 5.32 Å². The van der Waals surface area contributed by atoms with Gasteiger partial charge in [-0.05, 0) is 69.9 Å². The maximum atomic E-state index is 12.1. The van der Waals surface area contributed by atoms with E-state index in [9.17, 15) is 8.42 Å². The lowest BCUT2D eigenvalue weighted by molar-refractivity contribution is 0.552. The lowest BCUT2D eigenvalue weighted by Gasteiger charge is -2.18. The Kier molecular flexibility index (Phi) is 7.91. The summed E-state index contributed by atoms with van der Waals surface area (Å²) in [7, 11) is -2.97. The molecule has 0 unspecified atom stereocenters. The SMILES string of the molecule is CC(C)(C)S(=O)(=O)CCCCCCCc1ccc(Nc2ccccc2)cc1. The van der Waals surface area contributed by atoms with E-state index in [2.05, 4.69) is 41.7 Å². The molecule has 2 aromatic carbocycles. The number of anilines is 2. The van der Waals surface area contributed by atoms with E-state index in [0.29, 0.717) is 5.75 Å². The number of para-hydroxylation sites is 1. The van der Waals surface area contributed by atoms with Gasteiger partial charge in [0.2, 0.25) is 0 Å². The van der Waals surface area contributed by atoms with Gasteiger partial charge in [0.25, 0.3) is 0 Å². The van der Waals surface area contributed by atoms with Gasteiger partial charge >= 0.3 is 0 Å². The van der Waals surface area contributed by atoms with Gasteiger partial charge in [0.05, 0.1) is 10.5 Å². The van der Waals surface area contributed by atoms with Crippen LogP contribution in [0.5, 0.6) is 0 Å². The van der Waals surface area contributed by atoms with Crippen molar-refractivity contribution in [3.8, 4) is 0 Å². The first kappa shape index (κ1) is 21.5. The lowest BCUT2D eigenvalue weighted by atomic mass is 10.1. The molecule has 0 aliphatic carbocycles. The smallest absolute Gasteiger partial charge is 0.155 e. The minimum atomic E-state index is -2.97. The topological polar surface area (TPSA) is 46.2 Å². The zero-order valence-corrected chi connectivity index (χ0v) is 17.7. The van der Waals surface area contributed by atoms with Crippen molar-refractivity contribution >= 4 is 21.2 Å². The van der Waals surface area contributed by atoms with Crippen molar-refractivity contribution in [2.24, 2.45) is 0 Å². The fourth-order valence-corrected chi connectivity index (χ4v) is 4.10. The molecule has 0 fully saturated rings. The number of hydrogen-bond donors (Lipinski definition) is 1. The third-order valence-corrected chi connectivity index (χ3v) is 7.52. The molecule has 0 saturated heterocycles. The molecule has 2 aromatic rings. The average Bonchev–Trinajstić information content (AvgIpc) is 2.62. The zero-order valence-electron chi connectivity index (χ0n) is 16.9. The van der Waals surface area contributed by atoms with Gasteiger partial charge in [-0.2, -0.15) is 0 Å². The van der Waals surface area contributed by atoms with Crippen LogP contribution in [0.25, 0.3) is 0 Å². The molecular formula is C23H33NO2S. The predicted molar refractivity (Wildman–Crippen MR) is 116 cm³/mol. The minimum absolute atomic E-state index is 0.312. The highest BCUT2D eigenvalue weighted by molar-refractivity contribution is 7.92. The van der Waals surface area contributed by atoms with Gasteiger partial charge in [0.15, 0.2) is 9.84 Å². The quantitative estimate of drug-likeness (QED) is 0.498. The molecular weight excluding hydrogens is 354 g/mol. The maximum Gasteiger partial charge on any atom is 0.155 e. The van der Waals surface area contributed by atoms with Crippen molar-refractivity contribution < 1.29 is 8.42 Å². The molecule has 27 heavy (non-hydrogen) atoms. The molecule has 0 radical (unpaired) electrons. The van der Waals surface area contributed by atoms with E-state index in [1.54, 1.807) is 20.8 Å². The number of rotatable bonds is 10. The number of hydrogen-bond acceptors (Lipinski definition) is 3. The van der Waals surface area contributed by atoms with Gasteiger partial charge in [-0.15, -0.1) is 0 Å². The van der Waals surface area contributed by atoms with E-state index in [4.69, 9.17) is 0 Å². The van der Waals surface area contributed by atoms with Crippen molar-refractivity contribution in [2.45, 2.75) is 64.0 Å². The van der Waals surface area contributed by atoms with Crippen LogP contribution >= 0.6 is 0 Å². The molecule has 1 N–H and O–H groups in total. The van der Waals surface area contributed by atoms with Gasteiger partial charge in [0.1, 0.15) is 0 Å². The van der Waals surface area contributed by atoms with Crippen LogP contribution in [-0.2, 0) is 16.3 Å². The summed E-state index contributed by atoms with van der Waals surface area (Å²) < 4.78 is 23.5. The summed E-state index contributed by atoms with van der Waals surface area (Å²) in [6.45, 7) is 5.34. The standard InChI is InChI=1S/C23H33NO2S/c1-23(2,3)27(25,26)19-11-6-4-5-8-12-20-15-17-22(18-16-20)24-21-13-9-7-10-14-21/h7,9-10,13-18,24H,4-6,8,11-12,19H2,1-3H3. The highest BCUT2D eigenvalue weighted by Gasteiger charge is 2.27. The molecule has 0 aliphatic heterocycles. The molecule has 0 aliphatic rings. The first-order valence-corrected chi connectivity index (χ1v) is 11.6. The summed E-state index contributed by atoms with van der Waals surface area (Å²) in [6, 6.07) is 18.8. The van der Waals surface area contributed by atoms with E-state index in [-0.39, 0.29) is 0 Å². The minimum Gasteiger partial charge on any atom is -0.356 e. The number of benzene rings is 2. The van der Waals surface area contributed by atoms with Crippen molar-refractivity contribution in [2.75, 3.05) is 11.1 Å². The Hall–Kier alpha value is -1.81. The molecule has 3 nitrogen and oxygen atoms in total. The Bertz CT molecular complexity index is 775. The number of sulfone groups is 1. The first-order valence-electron chi connectivity index (χ1n) is 9.91. The molecule has 0 saturated carbocycles. The van der Waals surface area contributed by atoms with Crippen LogP contribution in [0.2, 0.25) is 0 Å². The normalized spacial score (nSPS) is 12.1. The fourth-order valence-electron chi connectivity index (χ4n) is 2.90. The summed E-state index contributed by atoms with van der Waals surface area (Å²) in [5.74, 6) is 0.312. The van der Waals surface area contributed by atoms with E-state index in [0.717, 1.165) is 49.9 Å². The molecule has 4 heteroatoms. The second-order valence-corrected chi connectivity index (χ2v) is 11.0. The van der Waals surface area contributed by atoms with Crippen molar-refractivity contribution in [1.29, 1.82) is 0 Å². The monoisotopic (exact) mass is 387 g/mol. The molecule has 0 heterocycles. The number of unbranched alkanes of at least 4 members (excludes halogenated alkanes) is 4. The van der Waals surface area contributed by atoms with E-state index in [1.807, 2.05) is 18.2 Å². The Morgan fingerprint density at radius 2 is 1.30 bits per heavy atom. The van der Waals surface area contributed by atoms with Gasteiger partial charge in [0, 0.05) is 11.4 Å². The van der Waals surface area contributed by atoms with Crippen LogP contribution in [0.3, 0.4) is 0 Å². The Balaban J connectivity index is 1.62. The van der Waals surface area contributed by atoms with Crippen LogP contribution in [0.4, 0.5) is 11.4 Å². The highest BCUT2D eigenvalue weighted by atomic mass is 32.2. The van der Waals surface area contributed by atoms with Crippen molar-refractivity contribution in [3.05, 3.63) is 60.2 Å². The molecule has 0 bridgehead atoms. The Morgan fingerprint density at radius 3 is 1.93 bits per heavy atom. The van der Waals surface area contributed by atoms with Gasteiger partial charge in [-0.3, -0.25) is 0 Å². The molecule has 0 spiro atoms. The van der Waals surface area contributed by atoms with Crippen LogP contribution in [0, 0.1) is 0 Å². The van der Waals surface area contributed by atoms with Crippen molar-refractivity contribution in [1.82, 2.24) is 0 Å². The van der Waals surface area contributed by atoms with Crippen LogP contribution in [0.15, 0.2) is 54.6 Å². The van der Waals surface area contributed by atoms with E-state index < -0.39 is 14.6 Å². The number of nitrogens with one attached hydrogen (secondary N) is 1. The van der Waals surface area contributed by atoms with E-state index in [1.165, 1.54) is 5.56 Å². The van der Waals surface area contributed by atoms with Crippen LogP contribution in [0.1, 0.15) is 58.4 Å². The number of aryl methyl sites for hydroxylation is 1. The average molecular weight is 388 g/mol. The largest absolute Gasteiger partial charge is 0.356 e. The molecule has 0 amide bonds. The molecule has 0 aromatic heterocycles. The highest BCUT2D eigenvalue weighted by Crippen LogP contribution is 2.19. The zero-order chi connectivity index (χ0) is 19.8. The van der Waals surface area contributed by atoms with Crippen LogP contribution in [-0.4, -0.2) is 18.9 Å². The maximum absolute atomic E-state index is 12.1. The summed E-state index contributed by atoms with van der Waals surface area (Å²) >= 11 is 0. The van der Waals surface area contributed by atoms with Gasteiger partial charge in [-0.25, -0.2) is 8.42 Å². The first-order chi connectivity index (χ1) is 12.8. The second kappa shape index (κ2) is 9.93.